The van der Waals surface area contributed by atoms with E-state index in [0.717, 1.165) is 29.7 Å². The SMILES string of the molecule is COC(=O)CS(=O)(=O)N1CCC(c2ccc(-c3cccc(OC(C)(C)C)c3)c(C)c2)CC1. The molecule has 0 saturated carbocycles. The van der Waals surface area contributed by atoms with Crippen molar-refractivity contribution in [2.45, 2.75) is 52.1 Å². The van der Waals surface area contributed by atoms with E-state index in [9.17, 15) is 13.2 Å². The second-order valence-corrected chi connectivity index (χ2v) is 11.3. The average Bonchev–Trinajstić information content (AvgIpc) is 2.72. The number of piperidine rings is 1. The van der Waals surface area contributed by atoms with E-state index in [1.54, 1.807) is 0 Å². The molecule has 1 aliphatic heterocycles. The van der Waals surface area contributed by atoms with Gasteiger partial charge in [0.1, 0.15) is 11.4 Å². The summed E-state index contributed by atoms with van der Waals surface area (Å²) in [5.74, 6) is -0.183. The Morgan fingerprint density at radius 1 is 1.09 bits per heavy atom. The highest BCUT2D eigenvalue weighted by molar-refractivity contribution is 7.89. The van der Waals surface area contributed by atoms with Crippen LogP contribution >= 0.6 is 0 Å². The van der Waals surface area contributed by atoms with Crippen LogP contribution in [0.3, 0.4) is 0 Å². The lowest BCUT2D eigenvalue weighted by Gasteiger charge is -2.31. The highest BCUT2D eigenvalue weighted by atomic mass is 32.2. The number of ether oxygens (including phenoxy) is 2. The first-order valence-electron chi connectivity index (χ1n) is 10.9. The molecule has 0 bridgehead atoms. The van der Waals surface area contributed by atoms with Crippen molar-refractivity contribution < 1.29 is 22.7 Å². The molecule has 0 amide bonds. The molecule has 2 aromatic rings. The molecule has 0 spiro atoms. The van der Waals surface area contributed by atoms with Gasteiger partial charge in [-0.1, -0.05) is 30.3 Å². The number of carbonyl (C=O) groups is 1. The molecular formula is C25H33NO5S. The van der Waals surface area contributed by atoms with Gasteiger partial charge in [0.15, 0.2) is 5.75 Å². The molecular weight excluding hydrogens is 426 g/mol. The highest BCUT2D eigenvalue weighted by Gasteiger charge is 2.30. The fraction of sp³-hybridized carbons (Fsp3) is 0.480. The minimum atomic E-state index is -3.62. The minimum Gasteiger partial charge on any atom is -0.488 e. The number of hydrogen-bond acceptors (Lipinski definition) is 5. The van der Waals surface area contributed by atoms with Gasteiger partial charge in [-0.3, -0.25) is 4.79 Å². The van der Waals surface area contributed by atoms with E-state index in [-0.39, 0.29) is 5.60 Å². The lowest BCUT2D eigenvalue weighted by molar-refractivity contribution is -0.137. The fourth-order valence-electron chi connectivity index (χ4n) is 4.11. The molecule has 1 saturated heterocycles. The molecule has 3 rings (SSSR count). The maximum absolute atomic E-state index is 12.4. The summed E-state index contributed by atoms with van der Waals surface area (Å²) >= 11 is 0. The van der Waals surface area contributed by atoms with Gasteiger partial charge in [-0.15, -0.1) is 0 Å². The first-order chi connectivity index (χ1) is 15.0. The van der Waals surface area contributed by atoms with E-state index in [4.69, 9.17) is 4.74 Å². The standard InChI is InChI=1S/C25H33NO5S/c1-18-15-20(19-11-13-26(14-12-19)32(28,29)17-24(27)30-5)9-10-23(18)21-7-6-8-22(16-21)31-25(2,3)4/h6-10,15-16,19H,11-14,17H2,1-5H3. The Morgan fingerprint density at radius 3 is 2.38 bits per heavy atom. The van der Waals surface area contributed by atoms with Crippen LogP contribution in [0.5, 0.6) is 5.75 Å². The summed E-state index contributed by atoms with van der Waals surface area (Å²) in [5.41, 5.74) is 4.41. The predicted molar refractivity (Wildman–Crippen MR) is 126 cm³/mol. The van der Waals surface area contributed by atoms with Crippen LogP contribution in [-0.2, 0) is 19.6 Å². The van der Waals surface area contributed by atoms with E-state index in [0.29, 0.717) is 19.0 Å². The smallest absolute Gasteiger partial charge is 0.322 e. The van der Waals surface area contributed by atoms with E-state index in [1.165, 1.54) is 22.5 Å². The summed E-state index contributed by atoms with van der Waals surface area (Å²) in [7, 11) is -2.42. The average molecular weight is 460 g/mol. The van der Waals surface area contributed by atoms with Crippen LogP contribution in [0.2, 0.25) is 0 Å². The zero-order chi connectivity index (χ0) is 23.5. The van der Waals surface area contributed by atoms with Crippen molar-refractivity contribution in [3.05, 3.63) is 53.6 Å². The Bertz CT molecular complexity index is 1060. The molecule has 0 atom stereocenters. The van der Waals surface area contributed by atoms with Gasteiger partial charge in [-0.2, -0.15) is 0 Å². The van der Waals surface area contributed by atoms with Crippen molar-refractivity contribution in [1.29, 1.82) is 0 Å². The molecule has 0 N–H and O–H groups in total. The van der Waals surface area contributed by atoms with Gasteiger partial charge in [0.2, 0.25) is 10.0 Å². The monoisotopic (exact) mass is 459 g/mol. The summed E-state index contributed by atoms with van der Waals surface area (Å²) in [4.78, 5) is 11.4. The maximum Gasteiger partial charge on any atom is 0.322 e. The van der Waals surface area contributed by atoms with Gasteiger partial charge in [0, 0.05) is 13.1 Å². The highest BCUT2D eigenvalue weighted by Crippen LogP contribution is 2.34. The van der Waals surface area contributed by atoms with Gasteiger partial charge in [-0.05, 0) is 80.8 Å². The Hall–Kier alpha value is -2.38. The van der Waals surface area contributed by atoms with Crippen molar-refractivity contribution >= 4 is 16.0 Å². The minimum absolute atomic E-state index is 0.253. The van der Waals surface area contributed by atoms with Crippen LogP contribution in [0.25, 0.3) is 11.1 Å². The summed E-state index contributed by atoms with van der Waals surface area (Å²) in [6.45, 7) is 9.03. The Morgan fingerprint density at radius 2 is 1.78 bits per heavy atom. The molecule has 1 fully saturated rings. The molecule has 7 heteroatoms. The second-order valence-electron chi connectivity index (χ2n) is 9.32. The van der Waals surface area contributed by atoms with Crippen molar-refractivity contribution in [1.82, 2.24) is 4.31 Å². The third-order valence-electron chi connectivity index (χ3n) is 5.67. The van der Waals surface area contributed by atoms with Crippen molar-refractivity contribution in [3.63, 3.8) is 0 Å². The molecule has 2 aromatic carbocycles. The van der Waals surface area contributed by atoms with Crippen LogP contribution in [0.4, 0.5) is 0 Å². The van der Waals surface area contributed by atoms with Gasteiger partial charge in [-0.25, -0.2) is 12.7 Å². The number of aryl methyl sites for hydroxylation is 1. The number of hydrogen-bond donors (Lipinski definition) is 0. The van der Waals surface area contributed by atoms with Crippen molar-refractivity contribution in [2.75, 3.05) is 26.0 Å². The first kappa shape index (κ1) is 24.3. The van der Waals surface area contributed by atoms with Crippen molar-refractivity contribution in [2.24, 2.45) is 0 Å². The van der Waals surface area contributed by atoms with Crippen LogP contribution in [0.1, 0.15) is 50.7 Å². The lowest BCUT2D eigenvalue weighted by atomic mass is 9.87. The van der Waals surface area contributed by atoms with Crippen LogP contribution in [0.15, 0.2) is 42.5 Å². The number of sulfonamides is 1. The first-order valence-corrected chi connectivity index (χ1v) is 12.5. The Labute approximate surface area is 191 Å². The quantitative estimate of drug-likeness (QED) is 0.594. The number of nitrogens with zero attached hydrogens (tertiary/aromatic N) is 1. The molecule has 0 aliphatic carbocycles. The number of methoxy groups -OCH3 is 1. The molecule has 0 radical (unpaired) electrons. The third kappa shape index (κ3) is 6.11. The summed E-state index contributed by atoms with van der Waals surface area (Å²) in [6.07, 6.45) is 1.46. The molecule has 174 valence electrons. The molecule has 1 heterocycles. The summed E-state index contributed by atoms with van der Waals surface area (Å²) in [6, 6.07) is 14.6. The van der Waals surface area contributed by atoms with Gasteiger partial charge >= 0.3 is 5.97 Å². The number of carbonyl (C=O) groups excluding carboxylic acids is 1. The molecule has 0 unspecified atom stereocenters. The molecule has 32 heavy (non-hydrogen) atoms. The van der Waals surface area contributed by atoms with E-state index in [1.807, 2.05) is 32.9 Å². The zero-order valence-corrected chi connectivity index (χ0v) is 20.4. The topological polar surface area (TPSA) is 72.9 Å². The van der Waals surface area contributed by atoms with E-state index < -0.39 is 21.7 Å². The second kappa shape index (κ2) is 9.63. The molecule has 1 aliphatic rings. The molecule has 6 nitrogen and oxygen atoms in total. The fourth-order valence-corrected chi connectivity index (χ4v) is 5.48. The summed E-state index contributed by atoms with van der Waals surface area (Å²) < 4.78 is 36.7. The zero-order valence-electron chi connectivity index (χ0n) is 19.6. The Balaban J connectivity index is 1.70. The molecule has 0 aromatic heterocycles. The number of benzene rings is 2. The third-order valence-corrected chi connectivity index (χ3v) is 7.42. The Kier molecular flexibility index (Phi) is 7.30. The van der Waals surface area contributed by atoms with Gasteiger partial charge < -0.3 is 9.47 Å². The maximum atomic E-state index is 12.4. The lowest BCUT2D eigenvalue weighted by Crippen LogP contribution is -2.40. The van der Waals surface area contributed by atoms with Crippen LogP contribution < -0.4 is 4.74 Å². The summed E-state index contributed by atoms with van der Waals surface area (Å²) in [5, 5.41) is 0. The largest absolute Gasteiger partial charge is 0.488 e. The number of esters is 1. The van der Waals surface area contributed by atoms with Crippen molar-refractivity contribution in [3.8, 4) is 16.9 Å². The van der Waals surface area contributed by atoms with Gasteiger partial charge in [0.05, 0.1) is 7.11 Å². The van der Waals surface area contributed by atoms with Crippen LogP contribution in [-0.4, -0.2) is 50.2 Å². The predicted octanol–water partition coefficient (Wildman–Crippen LogP) is 4.52. The van der Waals surface area contributed by atoms with E-state index >= 15 is 0 Å². The normalized spacial score (nSPS) is 16.0. The van der Waals surface area contributed by atoms with Gasteiger partial charge in [0.25, 0.3) is 0 Å². The van der Waals surface area contributed by atoms with Crippen LogP contribution in [0, 0.1) is 6.92 Å². The van der Waals surface area contributed by atoms with E-state index in [2.05, 4.69) is 42.0 Å². The number of rotatable bonds is 6.